The minimum Gasteiger partial charge on any atom is -0.282 e. The summed E-state index contributed by atoms with van der Waals surface area (Å²) in [6.45, 7) is 0.486. The second-order valence-corrected chi connectivity index (χ2v) is 7.87. The van der Waals surface area contributed by atoms with Crippen molar-refractivity contribution in [2.24, 2.45) is 0 Å². The van der Waals surface area contributed by atoms with Gasteiger partial charge in [-0.25, -0.2) is 8.42 Å². The van der Waals surface area contributed by atoms with Gasteiger partial charge in [-0.1, -0.05) is 11.6 Å². The summed E-state index contributed by atoms with van der Waals surface area (Å²) in [4.78, 5) is 0.296. The molecule has 5 nitrogen and oxygen atoms in total. The maximum absolute atomic E-state index is 12.9. The van der Waals surface area contributed by atoms with Crippen LogP contribution in [0, 0.1) is 0 Å². The van der Waals surface area contributed by atoms with Gasteiger partial charge in [0.25, 0.3) is 0 Å². The zero-order valence-electron chi connectivity index (χ0n) is 11.2. The summed E-state index contributed by atoms with van der Waals surface area (Å²) in [7, 11) is -3.51. The Hall–Kier alpha value is -1.37. The van der Waals surface area contributed by atoms with E-state index in [1.165, 1.54) is 0 Å². The number of sulfonamides is 1. The molecule has 0 unspecified atom stereocenters. The van der Waals surface area contributed by atoms with E-state index in [0.29, 0.717) is 22.9 Å². The first-order valence-corrected chi connectivity index (χ1v) is 8.67. The van der Waals surface area contributed by atoms with Crippen LogP contribution in [0.4, 0.5) is 0 Å². The van der Waals surface area contributed by atoms with Crippen molar-refractivity contribution in [3.63, 3.8) is 0 Å². The van der Waals surface area contributed by atoms with Crippen molar-refractivity contribution in [1.82, 2.24) is 14.5 Å². The van der Waals surface area contributed by atoms with Gasteiger partial charge in [0.1, 0.15) is 0 Å². The number of fused-ring (bicyclic) bond motifs is 2. The Balaban J connectivity index is 1.79. The molecule has 1 saturated carbocycles. The van der Waals surface area contributed by atoms with Crippen LogP contribution >= 0.6 is 11.6 Å². The first-order chi connectivity index (χ1) is 10.0. The zero-order chi connectivity index (χ0) is 14.7. The third-order valence-corrected chi connectivity index (χ3v) is 6.62. The fourth-order valence-corrected chi connectivity index (χ4v) is 5.12. The number of nitrogens with one attached hydrogen (secondary N) is 1. The van der Waals surface area contributed by atoms with Gasteiger partial charge in [-0.2, -0.15) is 9.40 Å². The molecule has 0 bridgehead atoms. The Kier molecular flexibility index (Phi) is 2.73. The lowest BCUT2D eigenvalue weighted by Gasteiger charge is -2.34. The Morgan fingerprint density at radius 1 is 1.24 bits per heavy atom. The number of aromatic amines is 1. The molecule has 1 N–H and O–H groups in total. The van der Waals surface area contributed by atoms with Crippen molar-refractivity contribution in [2.75, 3.05) is 6.54 Å². The molecule has 21 heavy (non-hydrogen) atoms. The van der Waals surface area contributed by atoms with E-state index in [1.807, 2.05) is 0 Å². The van der Waals surface area contributed by atoms with Crippen LogP contribution in [0.2, 0.25) is 5.02 Å². The molecule has 0 atom stereocenters. The molecule has 0 amide bonds. The summed E-state index contributed by atoms with van der Waals surface area (Å²) in [5, 5.41) is 7.59. The zero-order valence-corrected chi connectivity index (χ0v) is 12.8. The van der Waals surface area contributed by atoms with Crippen LogP contribution < -0.4 is 0 Å². The fraction of sp³-hybridized carbons (Fsp3) is 0.357. The average Bonchev–Trinajstić information content (AvgIpc) is 3.07. The third kappa shape index (κ3) is 1.86. The number of hydrogen-bond donors (Lipinski definition) is 1. The lowest BCUT2D eigenvalue weighted by atomic mass is 10.00. The first-order valence-electron chi connectivity index (χ1n) is 6.85. The summed E-state index contributed by atoms with van der Waals surface area (Å²) in [5.41, 5.74) is 1.71. The molecular weight excluding hydrogens is 310 g/mol. The van der Waals surface area contributed by atoms with Crippen LogP contribution in [0.1, 0.15) is 24.1 Å². The molecule has 2 aliphatic rings. The molecule has 1 fully saturated rings. The van der Waals surface area contributed by atoms with E-state index in [-0.39, 0.29) is 5.54 Å². The van der Waals surface area contributed by atoms with Crippen LogP contribution in [0.5, 0.6) is 0 Å². The Morgan fingerprint density at radius 2 is 1.95 bits per heavy atom. The van der Waals surface area contributed by atoms with Crippen LogP contribution in [0.15, 0.2) is 35.4 Å². The summed E-state index contributed by atoms with van der Waals surface area (Å²) in [6, 6.07) is 6.36. The summed E-state index contributed by atoms with van der Waals surface area (Å²) >= 11 is 5.85. The number of halogens is 1. The summed E-state index contributed by atoms with van der Waals surface area (Å²) in [6.07, 6.45) is 4.15. The Morgan fingerprint density at radius 3 is 2.62 bits per heavy atom. The highest BCUT2D eigenvalue weighted by molar-refractivity contribution is 7.89. The number of benzene rings is 1. The number of nitrogens with zero attached hydrogens (tertiary/aromatic N) is 2. The highest BCUT2D eigenvalue weighted by atomic mass is 35.5. The molecule has 1 aromatic heterocycles. The molecule has 2 heterocycles. The van der Waals surface area contributed by atoms with Gasteiger partial charge in [0.2, 0.25) is 10.0 Å². The average molecular weight is 324 g/mol. The molecule has 1 spiro atoms. The second-order valence-electron chi connectivity index (χ2n) is 5.57. The minimum atomic E-state index is -3.51. The number of aromatic nitrogens is 2. The first kappa shape index (κ1) is 13.3. The van der Waals surface area contributed by atoms with E-state index in [2.05, 4.69) is 10.2 Å². The van der Waals surface area contributed by atoms with Gasteiger partial charge in [-0.15, -0.1) is 0 Å². The topological polar surface area (TPSA) is 66.1 Å². The molecule has 110 valence electrons. The van der Waals surface area contributed by atoms with Crippen LogP contribution in [-0.4, -0.2) is 29.5 Å². The molecule has 7 heteroatoms. The molecule has 0 saturated heterocycles. The lowest BCUT2D eigenvalue weighted by Crippen LogP contribution is -2.44. The minimum absolute atomic E-state index is 0.296. The van der Waals surface area contributed by atoms with E-state index in [4.69, 9.17) is 11.6 Å². The van der Waals surface area contributed by atoms with Crippen molar-refractivity contribution < 1.29 is 8.42 Å². The van der Waals surface area contributed by atoms with Crippen molar-refractivity contribution in [2.45, 2.75) is 29.7 Å². The van der Waals surface area contributed by atoms with Crippen molar-refractivity contribution in [3.8, 4) is 0 Å². The molecule has 2 aromatic rings. The number of rotatable bonds is 2. The van der Waals surface area contributed by atoms with Gasteiger partial charge in [-0.05, 0) is 37.1 Å². The van der Waals surface area contributed by atoms with Gasteiger partial charge in [0.15, 0.2) is 0 Å². The van der Waals surface area contributed by atoms with Crippen molar-refractivity contribution in [1.29, 1.82) is 0 Å². The standard InChI is InChI=1S/C14H14ClN3O2S/c15-10-1-3-11(4-2-10)21(19,20)18-8-5-13-12(9-16-17-13)14(18)6-7-14/h1-4,9H,5-8H2,(H,16,17). The predicted molar refractivity (Wildman–Crippen MR) is 78.5 cm³/mol. The highest BCUT2D eigenvalue weighted by Crippen LogP contribution is 2.55. The highest BCUT2D eigenvalue weighted by Gasteiger charge is 2.57. The predicted octanol–water partition coefficient (Wildman–Crippen LogP) is 2.30. The van der Waals surface area contributed by atoms with Crippen LogP contribution in [0.3, 0.4) is 0 Å². The van der Waals surface area contributed by atoms with E-state index in [1.54, 1.807) is 34.8 Å². The maximum atomic E-state index is 12.9. The molecule has 1 aromatic carbocycles. The van der Waals surface area contributed by atoms with Gasteiger partial charge < -0.3 is 0 Å². The summed E-state index contributed by atoms with van der Waals surface area (Å²) in [5.74, 6) is 0. The quantitative estimate of drug-likeness (QED) is 0.922. The van der Waals surface area contributed by atoms with Gasteiger partial charge in [-0.3, -0.25) is 5.10 Å². The Labute approximate surface area is 128 Å². The van der Waals surface area contributed by atoms with Gasteiger partial charge in [0.05, 0.1) is 16.6 Å². The normalized spacial score (nSPS) is 20.4. The maximum Gasteiger partial charge on any atom is 0.243 e. The van der Waals surface area contributed by atoms with E-state index < -0.39 is 10.0 Å². The Bertz CT molecular complexity index is 794. The van der Waals surface area contributed by atoms with Crippen molar-refractivity contribution in [3.05, 3.63) is 46.7 Å². The second kappa shape index (κ2) is 4.32. The summed E-state index contributed by atoms with van der Waals surface area (Å²) < 4.78 is 27.5. The van der Waals surface area contributed by atoms with E-state index >= 15 is 0 Å². The van der Waals surface area contributed by atoms with E-state index in [9.17, 15) is 8.42 Å². The molecule has 1 aliphatic carbocycles. The monoisotopic (exact) mass is 323 g/mol. The lowest BCUT2D eigenvalue weighted by molar-refractivity contribution is 0.286. The molecule has 4 rings (SSSR count). The SMILES string of the molecule is O=S(=O)(c1ccc(Cl)cc1)N1CCc2[nH]ncc2C12CC2. The molecule has 0 radical (unpaired) electrons. The third-order valence-electron chi connectivity index (χ3n) is 4.39. The van der Waals surface area contributed by atoms with Crippen LogP contribution in [0.25, 0.3) is 0 Å². The smallest absolute Gasteiger partial charge is 0.243 e. The molecular formula is C14H14ClN3O2S. The van der Waals surface area contributed by atoms with Gasteiger partial charge in [0, 0.05) is 29.2 Å². The van der Waals surface area contributed by atoms with E-state index in [0.717, 1.165) is 24.1 Å². The molecule has 1 aliphatic heterocycles. The number of H-pyrrole nitrogens is 1. The number of hydrogen-bond acceptors (Lipinski definition) is 3. The fourth-order valence-electron chi connectivity index (χ4n) is 3.19. The van der Waals surface area contributed by atoms with Gasteiger partial charge >= 0.3 is 0 Å². The largest absolute Gasteiger partial charge is 0.282 e. The van der Waals surface area contributed by atoms with Crippen LogP contribution in [-0.2, 0) is 22.0 Å². The van der Waals surface area contributed by atoms with Crippen molar-refractivity contribution >= 4 is 21.6 Å².